The van der Waals surface area contributed by atoms with Crippen molar-refractivity contribution in [3.63, 3.8) is 0 Å². The third-order valence-electron chi connectivity index (χ3n) is 3.91. The van der Waals surface area contributed by atoms with Gasteiger partial charge in [0.15, 0.2) is 0 Å². The van der Waals surface area contributed by atoms with Gasteiger partial charge in [0.05, 0.1) is 22.8 Å². The monoisotopic (exact) mass is 371 g/mol. The maximum atomic E-state index is 12.8. The Hall–Kier alpha value is -2.28. The van der Waals surface area contributed by atoms with Crippen molar-refractivity contribution in [1.82, 2.24) is 14.8 Å². The number of aromatic nitrogens is 1. The molecule has 4 nitrogen and oxygen atoms in total. The number of nitrogens with zero attached hydrogens (tertiary/aromatic N) is 3. The van der Waals surface area contributed by atoms with Gasteiger partial charge in [-0.05, 0) is 24.6 Å². The average Bonchev–Trinajstić information content (AvgIpc) is 2.78. The molecule has 2 heterocycles. The van der Waals surface area contributed by atoms with Gasteiger partial charge >= 0.3 is 12.2 Å². The summed E-state index contributed by atoms with van der Waals surface area (Å²) in [5, 5.41) is -0.122. The first-order chi connectivity index (χ1) is 11.6. The minimum absolute atomic E-state index is 0.122. The largest absolute Gasteiger partial charge is 0.417 e. The summed E-state index contributed by atoms with van der Waals surface area (Å²) in [5.41, 5.74) is 1.16. The lowest BCUT2D eigenvalue weighted by molar-refractivity contribution is -0.137. The van der Waals surface area contributed by atoms with Crippen LogP contribution in [0.5, 0.6) is 0 Å². The Morgan fingerprint density at radius 1 is 1.40 bits per heavy atom. The van der Waals surface area contributed by atoms with Crippen molar-refractivity contribution in [3.05, 3.63) is 58.5 Å². The number of hydrogen-bond donors (Lipinski definition) is 0. The van der Waals surface area contributed by atoms with Crippen molar-refractivity contribution in [1.29, 1.82) is 0 Å². The fourth-order valence-corrected chi connectivity index (χ4v) is 2.64. The molecule has 0 spiro atoms. The number of amides is 2. The molecule has 134 valence electrons. The molecule has 0 aromatic carbocycles. The van der Waals surface area contributed by atoms with Gasteiger partial charge in [0.25, 0.3) is 0 Å². The van der Waals surface area contributed by atoms with E-state index in [1.54, 1.807) is 33.2 Å². The highest BCUT2D eigenvalue weighted by molar-refractivity contribution is 6.32. The molecule has 1 aromatic rings. The van der Waals surface area contributed by atoms with Crippen molar-refractivity contribution in [2.45, 2.75) is 13.1 Å². The number of allylic oxidation sites excluding steroid dienone is 4. The van der Waals surface area contributed by atoms with Crippen LogP contribution in [0.25, 0.3) is 5.57 Å². The predicted octanol–water partition coefficient (Wildman–Crippen LogP) is 4.59. The molecule has 25 heavy (non-hydrogen) atoms. The SMILES string of the molecule is C=C/C(C)=C(\C=C1/CN(C)C(=O)N1C)c1ncc(C(F)(F)F)cc1Cl. The number of alkyl halides is 3. The zero-order valence-corrected chi connectivity index (χ0v) is 14.7. The molecular formula is C17H17ClF3N3O. The number of urea groups is 1. The Morgan fingerprint density at radius 2 is 2.04 bits per heavy atom. The molecule has 0 N–H and O–H groups in total. The summed E-state index contributed by atoms with van der Waals surface area (Å²) in [6.07, 6.45) is -0.528. The molecule has 1 fully saturated rings. The number of rotatable bonds is 3. The lowest BCUT2D eigenvalue weighted by atomic mass is 10.0. The Kier molecular flexibility index (Phi) is 5.27. The van der Waals surface area contributed by atoms with E-state index in [-0.39, 0.29) is 16.7 Å². The van der Waals surface area contributed by atoms with E-state index < -0.39 is 11.7 Å². The molecule has 0 atom stereocenters. The molecule has 0 unspecified atom stereocenters. The molecule has 0 aliphatic carbocycles. The van der Waals surface area contributed by atoms with Gasteiger partial charge in [-0.3, -0.25) is 9.88 Å². The fourth-order valence-electron chi connectivity index (χ4n) is 2.37. The molecule has 1 aromatic heterocycles. The van der Waals surface area contributed by atoms with Gasteiger partial charge in [0, 0.05) is 31.6 Å². The second-order valence-electron chi connectivity index (χ2n) is 5.69. The third kappa shape index (κ3) is 3.87. The Morgan fingerprint density at radius 3 is 2.48 bits per heavy atom. The highest BCUT2D eigenvalue weighted by Gasteiger charge is 2.32. The van der Waals surface area contributed by atoms with E-state index in [0.717, 1.165) is 12.3 Å². The van der Waals surface area contributed by atoms with E-state index in [1.165, 1.54) is 9.80 Å². The van der Waals surface area contributed by atoms with Crippen LogP contribution in [0.15, 0.2) is 42.3 Å². The molecular weight excluding hydrogens is 355 g/mol. The third-order valence-corrected chi connectivity index (χ3v) is 4.20. The summed E-state index contributed by atoms with van der Waals surface area (Å²) in [6.45, 7) is 5.81. The van der Waals surface area contributed by atoms with Crippen LogP contribution in [0.3, 0.4) is 0 Å². The smallest absolute Gasteiger partial charge is 0.322 e. The van der Waals surface area contributed by atoms with Crippen LogP contribution < -0.4 is 0 Å². The first kappa shape index (κ1) is 19.1. The second-order valence-corrected chi connectivity index (χ2v) is 6.09. The van der Waals surface area contributed by atoms with Crippen LogP contribution >= 0.6 is 11.6 Å². The summed E-state index contributed by atoms with van der Waals surface area (Å²) in [5.74, 6) is 0. The topological polar surface area (TPSA) is 36.4 Å². The highest BCUT2D eigenvalue weighted by atomic mass is 35.5. The van der Waals surface area contributed by atoms with Gasteiger partial charge in [-0.15, -0.1) is 0 Å². The Bertz CT molecular complexity index is 784. The van der Waals surface area contributed by atoms with Crippen LogP contribution in [0, 0.1) is 0 Å². The molecule has 1 aliphatic heterocycles. The summed E-state index contributed by atoms with van der Waals surface area (Å²) in [7, 11) is 3.28. The summed E-state index contributed by atoms with van der Waals surface area (Å²) < 4.78 is 38.4. The molecule has 0 saturated carbocycles. The second kappa shape index (κ2) is 6.92. The molecule has 0 bridgehead atoms. The number of hydrogen-bond acceptors (Lipinski definition) is 2. The minimum atomic E-state index is -4.52. The van der Waals surface area contributed by atoms with E-state index in [4.69, 9.17) is 11.6 Å². The summed E-state index contributed by atoms with van der Waals surface area (Å²) in [6, 6.07) is 0.669. The zero-order valence-electron chi connectivity index (χ0n) is 14.0. The van der Waals surface area contributed by atoms with E-state index in [0.29, 0.717) is 23.4 Å². The minimum Gasteiger partial charge on any atom is -0.322 e. The molecule has 1 aliphatic rings. The van der Waals surface area contributed by atoms with Gasteiger partial charge in [0.1, 0.15) is 0 Å². The van der Waals surface area contributed by atoms with Gasteiger partial charge < -0.3 is 4.90 Å². The Labute approximate surface area is 148 Å². The maximum Gasteiger partial charge on any atom is 0.417 e. The van der Waals surface area contributed by atoms with Crippen molar-refractivity contribution in [2.75, 3.05) is 20.6 Å². The van der Waals surface area contributed by atoms with E-state index >= 15 is 0 Å². The molecule has 8 heteroatoms. The molecule has 2 amide bonds. The van der Waals surface area contributed by atoms with Crippen molar-refractivity contribution < 1.29 is 18.0 Å². The van der Waals surface area contributed by atoms with Crippen LogP contribution in [-0.4, -0.2) is 41.5 Å². The quantitative estimate of drug-likeness (QED) is 0.728. The zero-order chi connectivity index (χ0) is 18.9. The van der Waals surface area contributed by atoms with Crippen LogP contribution in [0.2, 0.25) is 5.02 Å². The summed E-state index contributed by atoms with van der Waals surface area (Å²) in [4.78, 5) is 18.8. The van der Waals surface area contributed by atoms with E-state index in [9.17, 15) is 18.0 Å². The van der Waals surface area contributed by atoms with Crippen molar-refractivity contribution in [3.8, 4) is 0 Å². The predicted molar refractivity (Wildman–Crippen MR) is 90.9 cm³/mol. The first-order valence-electron chi connectivity index (χ1n) is 7.32. The van der Waals surface area contributed by atoms with Crippen molar-refractivity contribution in [2.24, 2.45) is 0 Å². The van der Waals surface area contributed by atoms with Crippen LogP contribution in [0.4, 0.5) is 18.0 Å². The highest BCUT2D eigenvalue weighted by Crippen LogP contribution is 2.34. The molecule has 2 rings (SSSR count). The fraction of sp³-hybridized carbons (Fsp3) is 0.294. The standard InChI is InChI=1S/C17H17ClF3N3O/c1-5-10(2)13(7-12-9-23(3)16(25)24(12)4)15-14(18)6-11(8-22-15)17(19,20)21/h5-8H,1,9H2,2-4H3/b12-7+,13-10+. The number of halogens is 4. The number of likely N-dealkylation sites (N-methyl/N-ethyl adjacent to an activating group) is 2. The number of pyridine rings is 1. The van der Waals surface area contributed by atoms with E-state index in [1.807, 2.05) is 0 Å². The van der Waals surface area contributed by atoms with Gasteiger partial charge in [-0.25, -0.2) is 4.79 Å². The van der Waals surface area contributed by atoms with Crippen LogP contribution in [-0.2, 0) is 6.18 Å². The maximum absolute atomic E-state index is 12.8. The Balaban J connectivity index is 2.55. The van der Waals surface area contributed by atoms with Gasteiger partial charge in [-0.1, -0.05) is 24.3 Å². The normalized spacial score (nSPS) is 18.0. The summed E-state index contributed by atoms with van der Waals surface area (Å²) >= 11 is 6.06. The van der Waals surface area contributed by atoms with Crippen molar-refractivity contribution >= 4 is 23.2 Å². The van der Waals surface area contributed by atoms with Gasteiger partial charge in [-0.2, -0.15) is 13.2 Å². The van der Waals surface area contributed by atoms with Crippen LogP contribution in [0.1, 0.15) is 18.2 Å². The average molecular weight is 372 g/mol. The van der Waals surface area contributed by atoms with Gasteiger partial charge in [0.2, 0.25) is 0 Å². The molecule has 0 radical (unpaired) electrons. The number of carbonyl (C=O) groups excluding carboxylic acids is 1. The lowest BCUT2D eigenvalue weighted by Crippen LogP contribution is -2.25. The first-order valence-corrected chi connectivity index (χ1v) is 7.70. The molecule has 1 saturated heterocycles. The lowest BCUT2D eigenvalue weighted by Gasteiger charge is -2.14. The van der Waals surface area contributed by atoms with E-state index in [2.05, 4.69) is 11.6 Å². The number of carbonyl (C=O) groups is 1.